The summed E-state index contributed by atoms with van der Waals surface area (Å²) >= 11 is 3.61. The van der Waals surface area contributed by atoms with E-state index >= 15 is 0 Å². The summed E-state index contributed by atoms with van der Waals surface area (Å²) in [4.78, 5) is 2.40. The zero-order chi connectivity index (χ0) is 12.2. The van der Waals surface area contributed by atoms with E-state index < -0.39 is 8.32 Å². The molecule has 0 aromatic heterocycles. The van der Waals surface area contributed by atoms with Gasteiger partial charge in [-0.15, -0.1) is 0 Å². The molecule has 0 spiro atoms. The van der Waals surface area contributed by atoms with Crippen LogP contribution in [-0.2, 0) is 9.16 Å². The van der Waals surface area contributed by atoms with Crippen LogP contribution in [0.4, 0.5) is 0 Å². The van der Waals surface area contributed by atoms with Gasteiger partial charge in [0, 0.05) is 23.6 Å². The molecule has 1 unspecified atom stereocenters. The van der Waals surface area contributed by atoms with Gasteiger partial charge in [0.25, 0.3) is 0 Å². The van der Waals surface area contributed by atoms with Crippen molar-refractivity contribution in [3.63, 3.8) is 0 Å². The average molecular weight is 308 g/mol. The Bertz CT molecular complexity index is 247. The van der Waals surface area contributed by atoms with Crippen molar-refractivity contribution >= 4 is 24.2 Å². The molecule has 0 saturated carbocycles. The Morgan fingerprint density at radius 3 is 2.44 bits per heavy atom. The second-order valence-electron chi connectivity index (χ2n) is 5.06. The van der Waals surface area contributed by atoms with Gasteiger partial charge in [0.1, 0.15) is 0 Å². The van der Waals surface area contributed by atoms with Crippen molar-refractivity contribution in [1.82, 2.24) is 4.90 Å². The Hall–Kier alpha value is 0.157. The van der Waals surface area contributed by atoms with Crippen LogP contribution in [0.2, 0.25) is 19.6 Å². The van der Waals surface area contributed by atoms with Gasteiger partial charge in [0.2, 0.25) is 8.32 Å². The quantitative estimate of drug-likeness (QED) is 0.589. The van der Waals surface area contributed by atoms with Crippen LogP contribution in [0.1, 0.15) is 6.92 Å². The molecule has 1 saturated heterocycles. The van der Waals surface area contributed by atoms with Gasteiger partial charge in [-0.25, -0.2) is 0 Å². The van der Waals surface area contributed by atoms with Crippen LogP contribution in [0.15, 0.2) is 10.7 Å². The standard InChI is InChI=1S/C11H22BrNO2Si/c1-10(13-5-7-14-8-6-13)11(12)9-15-16(2,3)4/h9-10H,5-8H2,1-4H3/b11-9-. The van der Waals surface area contributed by atoms with E-state index in [9.17, 15) is 0 Å². The van der Waals surface area contributed by atoms with Gasteiger partial charge in [0.15, 0.2) is 0 Å². The number of nitrogens with zero attached hydrogens (tertiary/aromatic N) is 1. The monoisotopic (exact) mass is 307 g/mol. The molecule has 0 aromatic carbocycles. The van der Waals surface area contributed by atoms with Crippen molar-refractivity contribution in [2.24, 2.45) is 0 Å². The highest BCUT2D eigenvalue weighted by Gasteiger charge is 2.20. The molecular weight excluding hydrogens is 286 g/mol. The molecule has 5 heteroatoms. The van der Waals surface area contributed by atoms with E-state index in [1.807, 2.05) is 6.26 Å². The molecular formula is C11H22BrNO2Si. The van der Waals surface area contributed by atoms with Gasteiger partial charge in [-0.3, -0.25) is 4.90 Å². The lowest BCUT2D eigenvalue weighted by Gasteiger charge is -2.32. The topological polar surface area (TPSA) is 21.7 Å². The first-order valence-electron chi connectivity index (χ1n) is 5.75. The first-order chi connectivity index (χ1) is 7.40. The SMILES string of the molecule is CC(/C(Br)=C/O[Si](C)(C)C)N1CCOCC1. The minimum Gasteiger partial charge on any atom is -0.549 e. The van der Waals surface area contributed by atoms with Crippen molar-refractivity contribution < 1.29 is 9.16 Å². The number of ether oxygens (including phenoxy) is 1. The summed E-state index contributed by atoms with van der Waals surface area (Å²) in [5, 5.41) is 0. The smallest absolute Gasteiger partial charge is 0.241 e. The largest absolute Gasteiger partial charge is 0.549 e. The Morgan fingerprint density at radius 1 is 1.38 bits per heavy atom. The van der Waals surface area contributed by atoms with Crippen LogP contribution >= 0.6 is 15.9 Å². The van der Waals surface area contributed by atoms with Crippen molar-refractivity contribution in [2.75, 3.05) is 26.3 Å². The Labute approximate surface area is 108 Å². The predicted molar refractivity (Wildman–Crippen MR) is 73.3 cm³/mol. The van der Waals surface area contributed by atoms with Crippen LogP contribution in [-0.4, -0.2) is 45.6 Å². The summed E-state index contributed by atoms with van der Waals surface area (Å²) in [5.41, 5.74) is 0. The maximum Gasteiger partial charge on any atom is 0.241 e. The molecule has 0 aromatic rings. The Balaban J connectivity index is 2.48. The normalized spacial score (nSPS) is 21.9. The van der Waals surface area contributed by atoms with E-state index in [0.717, 1.165) is 30.8 Å². The molecule has 16 heavy (non-hydrogen) atoms. The Kier molecular flexibility index (Phi) is 5.50. The highest BCUT2D eigenvalue weighted by molar-refractivity contribution is 9.11. The third-order valence-corrected chi connectivity index (χ3v) is 4.19. The zero-order valence-electron chi connectivity index (χ0n) is 10.6. The van der Waals surface area contributed by atoms with Crippen LogP contribution in [0.5, 0.6) is 0 Å². The minimum absolute atomic E-state index is 0.375. The van der Waals surface area contributed by atoms with Gasteiger partial charge < -0.3 is 9.16 Å². The molecule has 0 radical (unpaired) electrons. The summed E-state index contributed by atoms with van der Waals surface area (Å²) in [7, 11) is -1.46. The first kappa shape index (κ1) is 14.2. The van der Waals surface area contributed by atoms with Crippen LogP contribution in [0.3, 0.4) is 0 Å². The van der Waals surface area contributed by atoms with Gasteiger partial charge in [-0.05, 0) is 26.6 Å². The summed E-state index contributed by atoms with van der Waals surface area (Å²) in [6, 6.07) is 0.375. The average Bonchev–Trinajstić information content (AvgIpc) is 2.25. The molecule has 1 fully saturated rings. The molecule has 1 aliphatic heterocycles. The van der Waals surface area contributed by atoms with E-state index in [0.29, 0.717) is 6.04 Å². The maximum atomic E-state index is 5.78. The lowest BCUT2D eigenvalue weighted by Crippen LogP contribution is -2.42. The number of morpholine rings is 1. The van der Waals surface area contributed by atoms with E-state index in [4.69, 9.17) is 9.16 Å². The van der Waals surface area contributed by atoms with Crippen molar-refractivity contribution in [3.8, 4) is 0 Å². The van der Waals surface area contributed by atoms with Crippen LogP contribution in [0.25, 0.3) is 0 Å². The first-order valence-corrected chi connectivity index (χ1v) is 9.95. The highest BCUT2D eigenvalue weighted by atomic mass is 79.9. The van der Waals surface area contributed by atoms with Crippen molar-refractivity contribution in [1.29, 1.82) is 0 Å². The number of halogens is 1. The second kappa shape index (κ2) is 6.19. The predicted octanol–water partition coefficient (Wildman–Crippen LogP) is 2.79. The molecule has 0 amide bonds. The molecule has 1 rings (SSSR count). The van der Waals surface area contributed by atoms with Gasteiger partial charge in [-0.1, -0.05) is 15.9 Å². The lowest BCUT2D eigenvalue weighted by atomic mass is 10.2. The number of rotatable bonds is 4. The molecule has 0 N–H and O–H groups in total. The minimum atomic E-state index is -1.46. The van der Waals surface area contributed by atoms with E-state index in [-0.39, 0.29) is 0 Å². The summed E-state index contributed by atoms with van der Waals surface area (Å²) in [6.07, 6.45) is 1.88. The third-order valence-electron chi connectivity index (χ3n) is 2.52. The molecule has 0 bridgehead atoms. The fraction of sp³-hybridized carbons (Fsp3) is 0.818. The fourth-order valence-electron chi connectivity index (χ4n) is 1.47. The van der Waals surface area contributed by atoms with E-state index in [1.54, 1.807) is 0 Å². The van der Waals surface area contributed by atoms with Crippen LogP contribution in [0, 0.1) is 0 Å². The number of hydrogen-bond donors (Lipinski definition) is 0. The summed E-state index contributed by atoms with van der Waals surface area (Å²) in [6.45, 7) is 12.4. The zero-order valence-corrected chi connectivity index (χ0v) is 13.2. The van der Waals surface area contributed by atoms with Crippen molar-refractivity contribution in [3.05, 3.63) is 10.7 Å². The van der Waals surface area contributed by atoms with Crippen LogP contribution < -0.4 is 0 Å². The van der Waals surface area contributed by atoms with Crippen molar-refractivity contribution in [2.45, 2.75) is 32.6 Å². The summed E-state index contributed by atoms with van der Waals surface area (Å²) < 4.78 is 12.2. The van der Waals surface area contributed by atoms with Gasteiger partial charge in [-0.2, -0.15) is 0 Å². The van der Waals surface area contributed by atoms with E-state index in [1.165, 1.54) is 0 Å². The van der Waals surface area contributed by atoms with E-state index in [2.05, 4.69) is 47.4 Å². The van der Waals surface area contributed by atoms with Gasteiger partial charge >= 0.3 is 0 Å². The molecule has 1 aliphatic rings. The van der Waals surface area contributed by atoms with Gasteiger partial charge in [0.05, 0.1) is 19.5 Å². The second-order valence-corrected chi connectivity index (χ2v) is 10.4. The third kappa shape index (κ3) is 4.99. The summed E-state index contributed by atoms with van der Waals surface area (Å²) in [5.74, 6) is 0. The fourth-order valence-corrected chi connectivity index (χ4v) is 2.51. The lowest BCUT2D eigenvalue weighted by molar-refractivity contribution is 0.0279. The molecule has 94 valence electrons. The highest BCUT2D eigenvalue weighted by Crippen LogP contribution is 2.19. The molecule has 1 heterocycles. The maximum absolute atomic E-state index is 5.78. The number of hydrogen-bond acceptors (Lipinski definition) is 3. The molecule has 3 nitrogen and oxygen atoms in total. The molecule has 0 aliphatic carbocycles. The molecule has 1 atom stereocenters. The Morgan fingerprint density at radius 2 is 1.94 bits per heavy atom.